The molecule has 0 N–H and O–H groups in total. The van der Waals surface area contributed by atoms with Crippen molar-refractivity contribution >= 4 is 16.8 Å². The van der Waals surface area contributed by atoms with E-state index in [9.17, 15) is 4.79 Å². The molecule has 3 aromatic rings. The van der Waals surface area contributed by atoms with Crippen LogP contribution >= 0.6 is 0 Å². The SMILES string of the molecule is COc1c(OCCCc2ccccc2)c(C(C)=O)c(C)c2ccoc12. The molecule has 0 atom stereocenters. The third-order valence-electron chi connectivity index (χ3n) is 4.34. The maximum atomic E-state index is 12.2. The predicted molar refractivity (Wildman–Crippen MR) is 97.8 cm³/mol. The number of carbonyl (C=O) groups excluding carboxylic acids is 1. The van der Waals surface area contributed by atoms with Gasteiger partial charge in [-0.25, -0.2) is 0 Å². The van der Waals surface area contributed by atoms with Crippen molar-refractivity contribution < 1.29 is 18.7 Å². The van der Waals surface area contributed by atoms with Crippen LogP contribution in [0.1, 0.15) is 34.8 Å². The van der Waals surface area contributed by atoms with Gasteiger partial charge in [-0.2, -0.15) is 0 Å². The molecular formula is C21H22O4. The molecule has 1 aromatic heterocycles. The van der Waals surface area contributed by atoms with E-state index in [1.165, 1.54) is 5.56 Å². The number of benzene rings is 2. The summed E-state index contributed by atoms with van der Waals surface area (Å²) in [6.45, 7) is 3.95. The topological polar surface area (TPSA) is 48.7 Å². The molecule has 0 amide bonds. The van der Waals surface area contributed by atoms with Gasteiger partial charge in [0.25, 0.3) is 0 Å². The lowest BCUT2D eigenvalue weighted by molar-refractivity contribution is 0.101. The predicted octanol–water partition coefficient (Wildman–Crippen LogP) is 4.96. The van der Waals surface area contributed by atoms with Gasteiger partial charge in [-0.1, -0.05) is 30.3 Å². The number of hydrogen-bond acceptors (Lipinski definition) is 4. The summed E-state index contributed by atoms with van der Waals surface area (Å²) in [7, 11) is 1.56. The van der Waals surface area contributed by atoms with E-state index >= 15 is 0 Å². The molecule has 4 nitrogen and oxygen atoms in total. The molecule has 25 heavy (non-hydrogen) atoms. The van der Waals surface area contributed by atoms with Crippen LogP contribution in [0, 0.1) is 6.92 Å². The highest BCUT2D eigenvalue weighted by molar-refractivity contribution is 6.05. The van der Waals surface area contributed by atoms with Crippen molar-refractivity contribution in [2.75, 3.05) is 13.7 Å². The van der Waals surface area contributed by atoms with E-state index in [4.69, 9.17) is 13.9 Å². The second kappa shape index (κ2) is 7.43. The van der Waals surface area contributed by atoms with Gasteiger partial charge in [0.15, 0.2) is 17.1 Å². The van der Waals surface area contributed by atoms with E-state index < -0.39 is 0 Å². The van der Waals surface area contributed by atoms with Gasteiger partial charge in [-0.3, -0.25) is 4.79 Å². The molecule has 0 radical (unpaired) electrons. The van der Waals surface area contributed by atoms with Gasteiger partial charge in [-0.15, -0.1) is 0 Å². The summed E-state index contributed by atoms with van der Waals surface area (Å²) in [5.74, 6) is 0.912. The number of rotatable bonds is 7. The highest BCUT2D eigenvalue weighted by atomic mass is 16.5. The quantitative estimate of drug-likeness (QED) is 0.451. The first-order valence-corrected chi connectivity index (χ1v) is 8.39. The van der Waals surface area contributed by atoms with Crippen molar-refractivity contribution in [3.8, 4) is 11.5 Å². The Morgan fingerprint density at radius 2 is 1.88 bits per heavy atom. The van der Waals surface area contributed by atoms with Crippen molar-refractivity contribution in [3.05, 3.63) is 59.4 Å². The van der Waals surface area contributed by atoms with Crippen LogP contribution in [-0.4, -0.2) is 19.5 Å². The molecule has 0 fully saturated rings. The molecule has 130 valence electrons. The Balaban J connectivity index is 1.86. The summed E-state index contributed by atoms with van der Waals surface area (Å²) in [4.78, 5) is 12.2. The van der Waals surface area contributed by atoms with Crippen molar-refractivity contribution in [1.82, 2.24) is 0 Å². The van der Waals surface area contributed by atoms with E-state index in [1.54, 1.807) is 20.3 Å². The molecule has 0 aliphatic rings. The Labute approximate surface area is 147 Å². The fraction of sp³-hybridized carbons (Fsp3) is 0.286. The highest BCUT2D eigenvalue weighted by Gasteiger charge is 2.24. The Kier molecular flexibility index (Phi) is 5.08. The van der Waals surface area contributed by atoms with Gasteiger partial charge in [0, 0.05) is 5.39 Å². The number of ketones is 1. The molecule has 0 saturated heterocycles. The van der Waals surface area contributed by atoms with Crippen molar-refractivity contribution in [3.63, 3.8) is 0 Å². The van der Waals surface area contributed by atoms with Crippen LogP contribution < -0.4 is 9.47 Å². The van der Waals surface area contributed by atoms with Crippen LogP contribution in [0.5, 0.6) is 11.5 Å². The molecule has 2 aromatic carbocycles. The number of carbonyl (C=O) groups is 1. The minimum atomic E-state index is -0.0445. The summed E-state index contributed by atoms with van der Waals surface area (Å²) >= 11 is 0. The first-order chi connectivity index (χ1) is 12.1. The van der Waals surface area contributed by atoms with Gasteiger partial charge < -0.3 is 13.9 Å². The lowest BCUT2D eigenvalue weighted by atomic mass is 9.99. The van der Waals surface area contributed by atoms with E-state index in [0.29, 0.717) is 29.3 Å². The fourth-order valence-electron chi connectivity index (χ4n) is 3.14. The molecule has 0 aliphatic heterocycles. The zero-order chi connectivity index (χ0) is 17.8. The van der Waals surface area contributed by atoms with Crippen molar-refractivity contribution in [1.29, 1.82) is 0 Å². The van der Waals surface area contributed by atoms with Crippen LogP contribution in [-0.2, 0) is 6.42 Å². The second-order valence-electron chi connectivity index (χ2n) is 6.02. The monoisotopic (exact) mass is 338 g/mol. The van der Waals surface area contributed by atoms with E-state index in [1.807, 2.05) is 31.2 Å². The van der Waals surface area contributed by atoms with Crippen LogP contribution in [0.15, 0.2) is 47.1 Å². The zero-order valence-corrected chi connectivity index (χ0v) is 14.8. The number of methoxy groups -OCH3 is 1. The molecular weight excluding hydrogens is 316 g/mol. The lowest BCUT2D eigenvalue weighted by Crippen LogP contribution is -2.08. The molecule has 0 unspecified atom stereocenters. The molecule has 3 rings (SSSR count). The lowest BCUT2D eigenvalue weighted by Gasteiger charge is -2.16. The van der Waals surface area contributed by atoms with Gasteiger partial charge in [0.2, 0.25) is 5.75 Å². The summed E-state index contributed by atoms with van der Waals surface area (Å²) < 4.78 is 17.1. The van der Waals surface area contributed by atoms with Gasteiger partial charge in [0.1, 0.15) is 0 Å². The third kappa shape index (κ3) is 3.38. The maximum Gasteiger partial charge on any atom is 0.205 e. The van der Waals surface area contributed by atoms with E-state index in [2.05, 4.69) is 12.1 Å². The van der Waals surface area contributed by atoms with Crippen LogP contribution in [0.4, 0.5) is 0 Å². The molecule has 0 spiro atoms. The Morgan fingerprint density at radius 3 is 2.56 bits per heavy atom. The smallest absolute Gasteiger partial charge is 0.205 e. The Hall–Kier alpha value is -2.75. The summed E-state index contributed by atoms with van der Waals surface area (Å²) in [5.41, 5.74) is 3.30. The number of aryl methyl sites for hydroxylation is 2. The van der Waals surface area contributed by atoms with Gasteiger partial charge >= 0.3 is 0 Å². The number of Topliss-reactive ketones (excluding diaryl/α,β-unsaturated/α-hetero) is 1. The number of ether oxygens (including phenoxy) is 2. The minimum Gasteiger partial charge on any atom is -0.490 e. The van der Waals surface area contributed by atoms with E-state index in [0.717, 1.165) is 23.8 Å². The maximum absolute atomic E-state index is 12.2. The van der Waals surface area contributed by atoms with Gasteiger partial charge in [0.05, 0.1) is 25.5 Å². The van der Waals surface area contributed by atoms with Crippen LogP contribution in [0.25, 0.3) is 11.0 Å². The molecule has 0 aliphatic carbocycles. The van der Waals surface area contributed by atoms with Gasteiger partial charge in [-0.05, 0) is 43.9 Å². The van der Waals surface area contributed by atoms with Crippen molar-refractivity contribution in [2.24, 2.45) is 0 Å². The first kappa shape index (κ1) is 17.1. The summed E-state index contributed by atoms with van der Waals surface area (Å²) in [6.07, 6.45) is 3.36. The highest BCUT2D eigenvalue weighted by Crippen LogP contribution is 2.42. The third-order valence-corrected chi connectivity index (χ3v) is 4.34. The standard InChI is InChI=1S/C21H22O4/c1-14-17-11-13-25-19(17)21(23-3)20(18(14)15(2)22)24-12-7-10-16-8-5-4-6-9-16/h4-6,8-9,11,13H,7,10,12H2,1-3H3. The number of fused-ring (bicyclic) bond motifs is 1. The van der Waals surface area contributed by atoms with Crippen LogP contribution in [0.2, 0.25) is 0 Å². The molecule has 4 heteroatoms. The molecule has 1 heterocycles. The molecule has 0 bridgehead atoms. The fourth-order valence-corrected chi connectivity index (χ4v) is 3.14. The Bertz CT molecular complexity index is 878. The average Bonchev–Trinajstić information content (AvgIpc) is 3.09. The zero-order valence-electron chi connectivity index (χ0n) is 14.8. The average molecular weight is 338 g/mol. The normalized spacial score (nSPS) is 10.8. The van der Waals surface area contributed by atoms with Crippen molar-refractivity contribution in [2.45, 2.75) is 26.7 Å². The first-order valence-electron chi connectivity index (χ1n) is 8.39. The largest absolute Gasteiger partial charge is 0.490 e. The molecule has 0 saturated carbocycles. The second-order valence-corrected chi connectivity index (χ2v) is 6.02. The minimum absolute atomic E-state index is 0.0445. The van der Waals surface area contributed by atoms with E-state index in [-0.39, 0.29) is 5.78 Å². The summed E-state index contributed by atoms with van der Waals surface area (Å²) in [6, 6.07) is 12.1. The summed E-state index contributed by atoms with van der Waals surface area (Å²) in [5, 5.41) is 0.874. The van der Waals surface area contributed by atoms with Crippen LogP contribution in [0.3, 0.4) is 0 Å². The number of hydrogen-bond donors (Lipinski definition) is 0. The number of furan rings is 1. The Morgan fingerprint density at radius 1 is 1.12 bits per heavy atom.